The number of pyridine rings is 1. The summed E-state index contributed by atoms with van der Waals surface area (Å²) in [5.74, 6) is -0.868. The number of hydrogen-bond acceptors (Lipinski definition) is 5. The van der Waals surface area contributed by atoms with Crippen LogP contribution in [0.5, 0.6) is 0 Å². The quantitative estimate of drug-likeness (QED) is 0.812. The van der Waals surface area contributed by atoms with Crippen LogP contribution >= 0.6 is 0 Å². The molecule has 2 aromatic rings. The number of nitrogens with two attached hydrogens (primary N) is 1. The number of alkyl halides is 3. The number of nitrogens with one attached hydrogen (secondary N) is 1. The van der Waals surface area contributed by atoms with Gasteiger partial charge in [-0.1, -0.05) is 25.6 Å². The lowest BCUT2D eigenvalue weighted by molar-refractivity contribution is -0.137. The van der Waals surface area contributed by atoms with E-state index in [0.717, 1.165) is 16.9 Å². The van der Waals surface area contributed by atoms with E-state index >= 15 is 0 Å². The molecule has 0 bridgehead atoms. The largest absolute Gasteiger partial charge is 0.419 e. The number of carbonyl (C=O) groups excluding carboxylic acids is 1. The van der Waals surface area contributed by atoms with Crippen LogP contribution in [0.2, 0.25) is 0 Å². The van der Waals surface area contributed by atoms with Gasteiger partial charge in [0.15, 0.2) is 0 Å². The molecule has 2 heterocycles. The van der Waals surface area contributed by atoms with Gasteiger partial charge < -0.3 is 11.1 Å². The van der Waals surface area contributed by atoms with Crippen molar-refractivity contribution in [1.29, 1.82) is 0 Å². The van der Waals surface area contributed by atoms with Crippen molar-refractivity contribution < 1.29 is 18.0 Å². The van der Waals surface area contributed by atoms with Gasteiger partial charge in [-0.2, -0.15) is 13.2 Å². The van der Waals surface area contributed by atoms with E-state index in [0.29, 0.717) is 0 Å². The lowest BCUT2D eigenvalue weighted by Gasteiger charge is -2.09. The molecule has 2 rings (SSSR count). The molecule has 0 aliphatic carbocycles. The van der Waals surface area contributed by atoms with Crippen LogP contribution in [0.3, 0.4) is 0 Å². The van der Waals surface area contributed by atoms with Crippen LogP contribution in [0.4, 0.5) is 19.0 Å². The van der Waals surface area contributed by atoms with Crippen LogP contribution in [-0.4, -0.2) is 25.9 Å². The highest BCUT2D eigenvalue weighted by atomic mass is 19.4. The van der Waals surface area contributed by atoms with Crippen molar-refractivity contribution in [2.75, 3.05) is 5.73 Å². The van der Waals surface area contributed by atoms with Crippen molar-refractivity contribution in [1.82, 2.24) is 25.3 Å². The van der Waals surface area contributed by atoms with Crippen LogP contribution < -0.4 is 11.1 Å². The monoisotopic (exact) mass is 368 g/mol. The average molecular weight is 368 g/mol. The zero-order chi connectivity index (χ0) is 20.5. The Kier molecular flexibility index (Phi) is 8.56. The molecule has 26 heavy (non-hydrogen) atoms. The third-order valence-electron chi connectivity index (χ3n) is 2.61. The van der Waals surface area contributed by atoms with Crippen molar-refractivity contribution in [2.24, 2.45) is 0 Å². The predicted octanol–water partition coefficient (Wildman–Crippen LogP) is 2.78. The van der Waals surface area contributed by atoms with Gasteiger partial charge in [0, 0.05) is 18.7 Å². The molecule has 0 aliphatic rings. The van der Waals surface area contributed by atoms with Crippen LogP contribution in [0.25, 0.3) is 17.1 Å². The summed E-state index contributed by atoms with van der Waals surface area (Å²) >= 11 is 0. The van der Waals surface area contributed by atoms with Crippen LogP contribution in [0.15, 0.2) is 25.0 Å². The van der Waals surface area contributed by atoms with E-state index in [9.17, 15) is 18.0 Å². The van der Waals surface area contributed by atoms with Gasteiger partial charge in [0.05, 0.1) is 11.8 Å². The van der Waals surface area contributed by atoms with Crippen molar-refractivity contribution in [3.63, 3.8) is 0 Å². The molecular weight excluding hydrogens is 349 g/mol. The molecule has 140 valence electrons. The molecule has 0 saturated carbocycles. The summed E-state index contributed by atoms with van der Waals surface area (Å²) in [6.07, 6.45) is 5.84. The van der Waals surface area contributed by atoms with Gasteiger partial charge in [0.2, 0.25) is 5.91 Å². The Morgan fingerprint density at radius 1 is 1.35 bits per heavy atom. The first-order valence-corrected chi connectivity index (χ1v) is 7.24. The number of anilines is 1. The number of nitrogen functional groups attached to an aromatic ring is 1. The molecule has 0 saturated heterocycles. The number of aromatic nitrogens is 4. The van der Waals surface area contributed by atoms with Crippen molar-refractivity contribution in [3.05, 3.63) is 30.6 Å². The number of terminal acetylenes is 1. The molecule has 3 N–H and O–H groups in total. The Bertz CT molecular complexity index is 780. The molecule has 2 aromatic heterocycles. The van der Waals surface area contributed by atoms with E-state index in [1.165, 1.54) is 13.1 Å². The minimum absolute atomic E-state index is 0.0865. The van der Waals surface area contributed by atoms with Gasteiger partial charge >= 0.3 is 6.18 Å². The van der Waals surface area contributed by atoms with Gasteiger partial charge in [0.25, 0.3) is 0 Å². The van der Waals surface area contributed by atoms with E-state index in [4.69, 9.17) is 5.73 Å². The highest BCUT2D eigenvalue weighted by Gasteiger charge is 2.34. The number of halogens is 3. The fraction of sp³-hybridized carbons (Fsp3) is 0.250. The topological polar surface area (TPSA) is 98.7 Å². The van der Waals surface area contributed by atoms with Crippen molar-refractivity contribution in [3.8, 4) is 24.1 Å². The Morgan fingerprint density at radius 3 is 2.42 bits per heavy atom. The highest BCUT2D eigenvalue weighted by molar-refractivity contribution is 5.79. The van der Waals surface area contributed by atoms with Crippen molar-refractivity contribution >= 4 is 17.5 Å². The SMILES string of the molecule is C#C.C=C(NC(C)=O)n1cc(-c2cnc(N)c(C(F)(F)F)c2)nn1.CC. The molecule has 0 radical (unpaired) electrons. The maximum atomic E-state index is 12.8. The van der Waals surface area contributed by atoms with E-state index < -0.39 is 17.6 Å². The van der Waals surface area contributed by atoms with E-state index in [1.54, 1.807) is 0 Å². The third-order valence-corrected chi connectivity index (χ3v) is 2.61. The molecular formula is C16H19F3N6O. The number of hydrogen-bond donors (Lipinski definition) is 2. The second-order valence-electron chi connectivity index (χ2n) is 4.33. The van der Waals surface area contributed by atoms with E-state index in [1.807, 2.05) is 13.8 Å². The third kappa shape index (κ3) is 5.94. The first-order chi connectivity index (χ1) is 12.2. The standard InChI is InChI=1S/C12H11F3N6O.C2H6.C2H2/c1-6(18-7(2)22)21-5-10(19-20-21)8-3-9(12(13,14)15)11(16)17-4-8;2*1-2/h3-5H,1H2,2H3,(H2,16,17)(H,18,22);1-2H3;1-2H. The van der Waals surface area contributed by atoms with Gasteiger partial charge in [-0.25, -0.2) is 9.67 Å². The van der Waals surface area contributed by atoms with Crippen molar-refractivity contribution in [2.45, 2.75) is 26.9 Å². The fourth-order valence-electron chi connectivity index (χ4n) is 1.63. The Balaban J connectivity index is 0.00000146. The maximum Gasteiger partial charge on any atom is 0.419 e. The first kappa shape index (κ1) is 22.6. The van der Waals surface area contributed by atoms with Gasteiger partial charge in [0.1, 0.15) is 17.3 Å². The molecule has 0 atom stereocenters. The van der Waals surface area contributed by atoms with Gasteiger partial charge in [-0.05, 0) is 6.07 Å². The molecule has 0 spiro atoms. The minimum atomic E-state index is -4.62. The fourth-order valence-corrected chi connectivity index (χ4v) is 1.63. The Morgan fingerprint density at radius 2 is 1.92 bits per heavy atom. The summed E-state index contributed by atoms with van der Waals surface area (Å²) in [7, 11) is 0. The maximum absolute atomic E-state index is 12.8. The van der Waals surface area contributed by atoms with E-state index in [2.05, 4.69) is 40.0 Å². The van der Waals surface area contributed by atoms with Gasteiger partial charge in [-0.15, -0.1) is 17.9 Å². The molecule has 1 amide bonds. The number of nitrogens with zero attached hydrogens (tertiary/aromatic N) is 4. The Hall–Kier alpha value is -3.35. The summed E-state index contributed by atoms with van der Waals surface area (Å²) in [6, 6.07) is 0.831. The van der Waals surface area contributed by atoms with Gasteiger partial charge in [-0.3, -0.25) is 4.79 Å². The van der Waals surface area contributed by atoms with Crippen LogP contribution in [0.1, 0.15) is 26.3 Å². The van der Waals surface area contributed by atoms with E-state index in [-0.39, 0.29) is 23.0 Å². The number of amides is 1. The minimum Gasteiger partial charge on any atom is -0.383 e. The smallest absolute Gasteiger partial charge is 0.383 e. The second kappa shape index (κ2) is 9.83. The number of carbonyl (C=O) groups is 1. The zero-order valence-corrected chi connectivity index (χ0v) is 14.5. The predicted molar refractivity (Wildman–Crippen MR) is 93.1 cm³/mol. The second-order valence-corrected chi connectivity index (χ2v) is 4.33. The molecule has 0 unspecified atom stereocenters. The lowest BCUT2D eigenvalue weighted by atomic mass is 10.1. The normalized spacial score (nSPS) is 9.85. The molecule has 10 heteroatoms. The summed E-state index contributed by atoms with van der Waals surface area (Å²) in [4.78, 5) is 14.4. The molecule has 0 aliphatic heterocycles. The molecule has 0 aromatic carbocycles. The first-order valence-electron chi connectivity index (χ1n) is 7.24. The summed E-state index contributed by atoms with van der Waals surface area (Å²) in [5.41, 5.74) is 4.39. The van der Waals surface area contributed by atoms with Crippen LogP contribution in [-0.2, 0) is 11.0 Å². The molecule has 7 nitrogen and oxygen atoms in total. The zero-order valence-electron chi connectivity index (χ0n) is 14.5. The van der Waals surface area contributed by atoms with Crippen LogP contribution in [0, 0.1) is 12.8 Å². The Labute approximate surface area is 149 Å². The summed E-state index contributed by atoms with van der Waals surface area (Å²) in [6.45, 7) is 8.84. The number of rotatable bonds is 3. The summed E-state index contributed by atoms with van der Waals surface area (Å²) < 4.78 is 39.5. The summed E-state index contributed by atoms with van der Waals surface area (Å²) in [5, 5.41) is 9.77. The average Bonchev–Trinajstić information content (AvgIpc) is 3.07. The molecule has 0 fully saturated rings. The lowest BCUT2D eigenvalue weighted by Crippen LogP contribution is -2.21. The highest BCUT2D eigenvalue weighted by Crippen LogP contribution is 2.34.